The molecule has 1 aromatic heterocycles. The normalized spacial score (nSPS) is 10.1. The van der Waals surface area contributed by atoms with E-state index in [0.717, 1.165) is 0 Å². The molecule has 0 atom stereocenters. The molecule has 1 aromatic carbocycles. The molecule has 2 rings (SSSR count). The summed E-state index contributed by atoms with van der Waals surface area (Å²) < 4.78 is 0. The van der Waals surface area contributed by atoms with Gasteiger partial charge in [-0.15, -0.1) is 0 Å². The topological polar surface area (TPSA) is 88.2 Å². The number of amides is 1. The van der Waals surface area contributed by atoms with Crippen LogP contribution in [0.3, 0.4) is 0 Å². The number of nitrogens with two attached hydrogens (primary N) is 1. The molecule has 0 aliphatic carbocycles. The van der Waals surface area contributed by atoms with Gasteiger partial charge in [0.25, 0.3) is 5.91 Å². The number of benzene rings is 1. The van der Waals surface area contributed by atoms with Crippen LogP contribution in [0.2, 0.25) is 5.02 Å². The number of nitrogens with zero attached hydrogens (tertiary/aromatic N) is 1. The van der Waals surface area contributed by atoms with Gasteiger partial charge < -0.3 is 16.2 Å². The molecular weight excluding hydrogens is 254 g/mol. The van der Waals surface area contributed by atoms with E-state index in [-0.39, 0.29) is 11.3 Å². The lowest BCUT2D eigenvalue weighted by atomic mass is 10.2. The molecule has 18 heavy (non-hydrogen) atoms. The van der Waals surface area contributed by atoms with E-state index in [1.165, 1.54) is 24.4 Å². The summed E-state index contributed by atoms with van der Waals surface area (Å²) >= 11 is 5.76. The predicted molar refractivity (Wildman–Crippen MR) is 69.7 cm³/mol. The molecule has 6 heteroatoms. The number of halogens is 1. The number of aromatic hydroxyl groups is 1. The highest BCUT2D eigenvalue weighted by Gasteiger charge is 2.12. The Bertz CT molecular complexity index is 584. The van der Waals surface area contributed by atoms with Crippen molar-refractivity contribution in [1.29, 1.82) is 0 Å². The van der Waals surface area contributed by atoms with Crippen molar-refractivity contribution in [3.63, 3.8) is 0 Å². The second-order valence-electron chi connectivity index (χ2n) is 3.59. The Morgan fingerprint density at radius 1 is 1.33 bits per heavy atom. The molecule has 0 spiro atoms. The molecule has 4 N–H and O–H groups in total. The third-order valence-electron chi connectivity index (χ3n) is 2.23. The summed E-state index contributed by atoms with van der Waals surface area (Å²) in [6.07, 6.45) is 1.42. The number of carbonyl (C=O) groups excluding carboxylic acids is 1. The van der Waals surface area contributed by atoms with Gasteiger partial charge in [0.15, 0.2) is 0 Å². The summed E-state index contributed by atoms with van der Waals surface area (Å²) in [6.45, 7) is 0. The number of carbonyl (C=O) groups is 1. The van der Waals surface area contributed by atoms with Crippen LogP contribution >= 0.6 is 11.6 Å². The van der Waals surface area contributed by atoms with Crippen LogP contribution in [-0.4, -0.2) is 16.0 Å². The molecular formula is C12H10ClN3O2. The van der Waals surface area contributed by atoms with Crippen LogP contribution in [-0.2, 0) is 0 Å². The average Bonchev–Trinajstić information content (AvgIpc) is 2.35. The van der Waals surface area contributed by atoms with E-state index in [2.05, 4.69) is 10.3 Å². The lowest BCUT2D eigenvalue weighted by molar-refractivity contribution is 0.102. The molecule has 0 fully saturated rings. The van der Waals surface area contributed by atoms with E-state index in [9.17, 15) is 9.90 Å². The first-order valence-corrected chi connectivity index (χ1v) is 5.45. The molecule has 0 saturated carbocycles. The van der Waals surface area contributed by atoms with Crippen LogP contribution in [0.15, 0.2) is 36.5 Å². The van der Waals surface area contributed by atoms with Crippen molar-refractivity contribution in [2.45, 2.75) is 0 Å². The van der Waals surface area contributed by atoms with E-state index in [1.807, 2.05) is 0 Å². The van der Waals surface area contributed by atoms with E-state index in [1.54, 1.807) is 12.1 Å². The molecule has 92 valence electrons. The number of anilines is 2. The molecule has 1 heterocycles. The van der Waals surface area contributed by atoms with Crippen molar-refractivity contribution in [1.82, 2.24) is 4.98 Å². The van der Waals surface area contributed by atoms with Gasteiger partial charge in [-0.2, -0.15) is 0 Å². The smallest absolute Gasteiger partial charge is 0.260 e. The zero-order valence-electron chi connectivity index (χ0n) is 9.22. The van der Waals surface area contributed by atoms with Crippen molar-refractivity contribution in [3.05, 3.63) is 47.1 Å². The minimum absolute atomic E-state index is 0.0844. The Morgan fingerprint density at radius 3 is 2.78 bits per heavy atom. The highest BCUT2D eigenvalue weighted by molar-refractivity contribution is 6.31. The first-order valence-electron chi connectivity index (χ1n) is 5.07. The van der Waals surface area contributed by atoms with E-state index in [0.29, 0.717) is 16.5 Å². The quantitative estimate of drug-likeness (QED) is 0.775. The maximum atomic E-state index is 11.9. The Hall–Kier alpha value is -2.27. The fraction of sp³-hybridized carbons (Fsp3) is 0. The molecule has 1 amide bonds. The first kappa shape index (κ1) is 12.2. The van der Waals surface area contributed by atoms with Crippen molar-refractivity contribution in [2.24, 2.45) is 0 Å². The molecule has 0 saturated heterocycles. The molecule has 0 unspecified atom stereocenters. The number of nitrogens with one attached hydrogen (secondary N) is 1. The largest absolute Gasteiger partial charge is 0.507 e. The van der Waals surface area contributed by atoms with E-state index >= 15 is 0 Å². The van der Waals surface area contributed by atoms with Crippen molar-refractivity contribution in [3.8, 4) is 5.75 Å². The maximum absolute atomic E-state index is 11.9. The first-order chi connectivity index (χ1) is 8.56. The van der Waals surface area contributed by atoms with Crippen LogP contribution < -0.4 is 11.1 Å². The van der Waals surface area contributed by atoms with Crippen molar-refractivity contribution >= 4 is 29.0 Å². The minimum Gasteiger partial charge on any atom is -0.507 e. The number of pyridine rings is 1. The lowest BCUT2D eigenvalue weighted by Crippen LogP contribution is -2.13. The SMILES string of the molecule is Nc1ccc(NC(=O)c2cc(Cl)ccc2O)nc1. The van der Waals surface area contributed by atoms with Gasteiger partial charge in [0.05, 0.1) is 17.4 Å². The predicted octanol–water partition coefficient (Wildman–Crippen LogP) is 2.28. The number of hydrogen-bond acceptors (Lipinski definition) is 4. The maximum Gasteiger partial charge on any atom is 0.260 e. The zero-order chi connectivity index (χ0) is 13.1. The minimum atomic E-state index is -0.493. The Labute approximate surface area is 108 Å². The summed E-state index contributed by atoms with van der Waals surface area (Å²) in [5.74, 6) is -0.298. The number of aromatic nitrogens is 1. The number of nitrogen functional groups attached to an aromatic ring is 1. The van der Waals surface area contributed by atoms with Crippen LogP contribution in [0, 0.1) is 0 Å². The number of hydrogen-bond donors (Lipinski definition) is 3. The number of rotatable bonds is 2. The molecule has 0 bridgehead atoms. The highest BCUT2D eigenvalue weighted by atomic mass is 35.5. The fourth-order valence-electron chi connectivity index (χ4n) is 1.35. The summed E-state index contributed by atoms with van der Waals surface area (Å²) in [4.78, 5) is 15.8. The van der Waals surface area contributed by atoms with Gasteiger partial charge in [-0.05, 0) is 30.3 Å². The summed E-state index contributed by atoms with van der Waals surface area (Å²) in [5, 5.41) is 12.5. The third-order valence-corrected chi connectivity index (χ3v) is 2.47. The van der Waals surface area contributed by atoms with E-state index < -0.39 is 5.91 Å². The fourth-order valence-corrected chi connectivity index (χ4v) is 1.53. The van der Waals surface area contributed by atoms with Crippen LogP contribution in [0.4, 0.5) is 11.5 Å². The third kappa shape index (κ3) is 2.70. The number of phenols is 1. The molecule has 5 nitrogen and oxygen atoms in total. The van der Waals surface area contributed by atoms with E-state index in [4.69, 9.17) is 17.3 Å². The summed E-state index contributed by atoms with van der Waals surface area (Å²) in [6, 6.07) is 7.40. The van der Waals surface area contributed by atoms with Gasteiger partial charge in [0, 0.05) is 5.02 Å². The Balaban J connectivity index is 2.21. The van der Waals surface area contributed by atoms with Gasteiger partial charge in [0.2, 0.25) is 0 Å². The molecule has 0 radical (unpaired) electrons. The molecule has 0 aliphatic rings. The average molecular weight is 264 g/mol. The number of phenolic OH excluding ortho intramolecular Hbond substituents is 1. The van der Waals surface area contributed by atoms with Gasteiger partial charge in [0.1, 0.15) is 11.6 Å². The van der Waals surface area contributed by atoms with Crippen molar-refractivity contribution in [2.75, 3.05) is 11.1 Å². The van der Waals surface area contributed by atoms with Gasteiger partial charge in [-0.3, -0.25) is 4.79 Å². The summed E-state index contributed by atoms with van der Waals surface area (Å²) in [7, 11) is 0. The second kappa shape index (κ2) is 4.93. The Kier molecular flexibility index (Phi) is 3.34. The zero-order valence-corrected chi connectivity index (χ0v) is 9.98. The van der Waals surface area contributed by atoms with Crippen LogP contribution in [0.1, 0.15) is 10.4 Å². The van der Waals surface area contributed by atoms with Crippen molar-refractivity contribution < 1.29 is 9.90 Å². The molecule has 2 aromatic rings. The van der Waals surface area contributed by atoms with Crippen LogP contribution in [0.25, 0.3) is 0 Å². The van der Waals surface area contributed by atoms with Gasteiger partial charge in [-0.1, -0.05) is 11.6 Å². The van der Waals surface area contributed by atoms with Gasteiger partial charge in [-0.25, -0.2) is 4.98 Å². The van der Waals surface area contributed by atoms with Gasteiger partial charge >= 0.3 is 0 Å². The lowest BCUT2D eigenvalue weighted by Gasteiger charge is -2.06. The molecule has 0 aliphatic heterocycles. The second-order valence-corrected chi connectivity index (χ2v) is 4.03. The Morgan fingerprint density at radius 2 is 2.11 bits per heavy atom. The monoisotopic (exact) mass is 263 g/mol. The standard InChI is InChI=1S/C12H10ClN3O2/c13-7-1-3-10(17)9(5-7)12(18)16-11-4-2-8(14)6-15-11/h1-6,17H,14H2,(H,15,16,18). The van der Waals surface area contributed by atoms with Crippen LogP contribution in [0.5, 0.6) is 5.75 Å². The summed E-state index contributed by atoms with van der Waals surface area (Å²) in [5.41, 5.74) is 6.06. The highest BCUT2D eigenvalue weighted by Crippen LogP contribution is 2.22.